The van der Waals surface area contributed by atoms with Crippen LogP contribution in [0.3, 0.4) is 0 Å². The number of benzene rings is 1. The average Bonchev–Trinajstić information content (AvgIpc) is 2.84. The van der Waals surface area contributed by atoms with E-state index in [-0.39, 0.29) is 12.5 Å². The van der Waals surface area contributed by atoms with E-state index in [0.717, 1.165) is 6.54 Å². The largest absolute Gasteiger partial charge is 0.396 e. The van der Waals surface area contributed by atoms with Crippen LogP contribution in [0.5, 0.6) is 0 Å². The van der Waals surface area contributed by atoms with Gasteiger partial charge in [-0.25, -0.2) is 0 Å². The van der Waals surface area contributed by atoms with Crippen LogP contribution in [0.1, 0.15) is 37.2 Å². The van der Waals surface area contributed by atoms with Crippen molar-refractivity contribution in [3.05, 3.63) is 35.9 Å². The summed E-state index contributed by atoms with van der Waals surface area (Å²) in [5.74, 6) is 0.238. The molecule has 1 atom stereocenters. The minimum Gasteiger partial charge on any atom is -0.396 e. The number of hydrogen-bond acceptors (Lipinski definition) is 2. The number of aliphatic hydroxyl groups excluding tert-OH is 1. The highest BCUT2D eigenvalue weighted by atomic mass is 16.3. The van der Waals surface area contributed by atoms with E-state index < -0.39 is 0 Å². The van der Waals surface area contributed by atoms with Crippen LogP contribution >= 0.6 is 0 Å². The van der Waals surface area contributed by atoms with Crippen molar-refractivity contribution < 1.29 is 5.11 Å². The zero-order chi connectivity index (χ0) is 11.2. The Balaban J connectivity index is 1.85. The summed E-state index contributed by atoms with van der Waals surface area (Å²) in [5.41, 5.74) is 1.23. The molecule has 1 aromatic rings. The van der Waals surface area contributed by atoms with Crippen molar-refractivity contribution in [2.24, 2.45) is 0 Å². The molecule has 2 N–H and O–H groups in total. The fraction of sp³-hybridized carbons (Fsp3) is 0.571. The smallest absolute Gasteiger partial charge is 0.0511 e. The first-order chi connectivity index (χ1) is 7.90. The van der Waals surface area contributed by atoms with Crippen molar-refractivity contribution in [1.29, 1.82) is 0 Å². The van der Waals surface area contributed by atoms with E-state index in [9.17, 15) is 5.11 Å². The molecule has 2 nitrogen and oxygen atoms in total. The predicted molar refractivity (Wildman–Crippen MR) is 66.5 cm³/mol. The van der Waals surface area contributed by atoms with E-state index in [1.165, 1.54) is 31.2 Å². The molecule has 16 heavy (non-hydrogen) atoms. The second kappa shape index (κ2) is 6.02. The molecule has 0 heterocycles. The summed E-state index contributed by atoms with van der Waals surface area (Å²) in [4.78, 5) is 0. The van der Waals surface area contributed by atoms with Gasteiger partial charge in [0, 0.05) is 18.5 Å². The molecule has 0 amide bonds. The van der Waals surface area contributed by atoms with Crippen LogP contribution in [0, 0.1) is 0 Å². The lowest BCUT2D eigenvalue weighted by Gasteiger charge is -2.18. The standard InChI is InChI=1S/C14H21NO/c16-11-13(12-6-2-1-3-7-12)10-15-14-8-4-5-9-14/h1-3,6-7,13-16H,4-5,8-11H2. The van der Waals surface area contributed by atoms with E-state index >= 15 is 0 Å². The van der Waals surface area contributed by atoms with Gasteiger partial charge >= 0.3 is 0 Å². The maximum atomic E-state index is 9.41. The van der Waals surface area contributed by atoms with Gasteiger partial charge in [0.25, 0.3) is 0 Å². The molecule has 2 heteroatoms. The molecule has 1 fully saturated rings. The van der Waals surface area contributed by atoms with Crippen molar-refractivity contribution in [3.63, 3.8) is 0 Å². The topological polar surface area (TPSA) is 32.3 Å². The van der Waals surface area contributed by atoms with Crippen LogP contribution in [0.25, 0.3) is 0 Å². The lowest BCUT2D eigenvalue weighted by atomic mass is 10.00. The van der Waals surface area contributed by atoms with E-state index in [0.29, 0.717) is 6.04 Å². The fourth-order valence-corrected chi connectivity index (χ4v) is 2.45. The van der Waals surface area contributed by atoms with E-state index in [2.05, 4.69) is 17.4 Å². The predicted octanol–water partition coefficient (Wildman–Crippen LogP) is 2.29. The monoisotopic (exact) mass is 219 g/mol. The summed E-state index contributed by atoms with van der Waals surface area (Å²) >= 11 is 0. The van der Waals surface area contributed by atoms with Gasteiger partial charge in [0.05, 0.1) is 6.61 Å². The fourth-order valence-electron chi connectivity index (χ4n) is 2.45. The van der Waals surface area contributed by atoms with Crippen molar-refractivity contribution >= 4 is 0 Å². The summed E-state index contributed by atoms with van der Waals surface area (Å²) in [5, 5.41) is 13.0. The minimum atomic E-state index is 0.226. The van der Waals surface area contributed by atoms with Gasteiger partial charge in [0.2, 0.25) is 0 Å². The molecule has 1 aliphatic rings. The summed E-state index contributed by atoms with van der Waals surface area (Å²) in [6.07, 6.45) is 5.31. The molecule has 2 rings (SSSR count). The lowest BCUT2D eigenvalue weighted by molar-refractivity contribution is 0.258. The zero-order valence-electron chi connectivity index (χ0n) is 9.73. The summed E-state index contributed by atoms with van der Waals surface area (Å²) < 4.78 is 0. The van der Waals surface area contributed by atoms with Crippen LogP contribution in [-0.4, -0.2) is 24.3 Å². The summed E-state index contributed by atoms with van der Waals surface area (Å²) in [6.45, 7) is 1.12. The molecule has 0 spiro atoms. The molecule has 0 aromatic heterocycles. The zero-order valence-corrected chi connectivity index (χ0v) is 9.73. The first-order valence-electron chi connectivity index (χ1n) is 6.29. The van der Waals surface area contributed by atoms with Gasteiger partial charge in [-0.15, -0.1) is 0 Å². The molecule has 0 bridgehead atoms. The molecule has 1 aromatic carbocycles. The maximum absolute atomic E-state index is 9.41. The molecule has 1 unspecified atom stereocenters. The van der Waals surface area contributed by atoms with E-state index in [4.69, 9.17) is 0 Å². The molecular weight excluding hydrogens is 198 g/mol. The Kier molecular flexibility index (Phi) is 4.37. The Bertz CT molecular complexity index is 293. The maximum Gasteiger partial charge on any atom is 0.0511 e. The highest BCUT2D eigenvalue weighted by molar-refractivity contribution is 5.19. The van der Waals surface area contributed by atoms with Crippen LogP contribution in [0.15, 0.2) is 30.3 Å². The lowest BCUT2D eigenvalue weighted by Crippen LogP contribution is -2.31. The third kappa shape index (κ3) is 3.06. The quantitative estimate of drug-likeness (QED) is 0.796. The Morgan fingerprint density at radius 1 is 1.19 bits per heavy atom. The van der Waals surface area contributed by atoms with Crippen molar-refractivity contribution in [2.45, 2.75) is 37.6 Å². The average molecular weight is 219 g/mol. The van der Waals surface area contributed by atoms with Gasteiger partial charge in [-0.05, 0) is 18.4 Å². The third-order valence-corrected chi connectivity index (χ3v) is 3.50. The third-order valence-electron chi connectivity index (χ3n) is 3.50. The SMILES string of the molecule is OCC(CNC1CCCC1)c1ccccc1. The van der Waals surface area contributed by atoms with Gasteiger partial charge in [0.15, 0.2) is 0 Å². The number of aliphatic hydroxyl groups is 1. The number of rotatable bonds is 5. The van der Waals surface area contributed by atoms with Gasteiger partial charge < -0.3 is 10.4 Å². The normalized spacial score (nSPS) is 18.8. The molecule has 1 aliphatic carbocycles. The summed E-state index contributed by atoms with van der Waals surface area (Å²) in [7, 11) is 0. The summed E-state index contributed by atoms with van der Waals surface area (Å²) in [6, 6.07) is 11.0. The van der Waals surface area contributed by atoms with Gasteiger partial charge in [0.1, 0.15) is 0 Å². The molecule has 1 saturated carbocycles. The van der Waals surface area contributed by atoms with E-state index in [1.54, 1.807) is 0 Å². The van der Waals surface area contributed by atoms with Crippen molar-refractivity contribution in [1.82, 2.24) is 5.32 Å². The van der Waals surface area contributed by atoms with Gasteiger partial charge in [-0.1, -0.05) is 43.2 Å². The Morgan fingerprint density at radius 3 is 2.50 bits per heavy atom. The number of nitrogens with one attached hydrogen (secondary N) is 1. The second-order valence-corrected chi connectivity index (χ2v) is 4.68. The van der Waals surface area contributed by atoms with Crippen LogP contribution < -0.4 is 5.32 Å². The Hall–Kier alpha value is -0.860. The van der Waals surface area contributed by atoms with Gasteiger partial charge in [-0.2, -0.15) is 0 Å². The first-order valence-corrected chi connectivity index (χ1v) is 6.29. The molecule has 88 valence electrons. The first kappa shape index (κ1) is 11.6. The van der Waals surface area contributed by atoms with Crippen molar-refractivity contribution in [2.75, 3.05) is 13.2 Å². The second-order valence-electron chi connectivity index (χ2n) is 4.68. The minimum absolute atomic E-state index is 0.226. The highest BCUT2D eigenvalue weighted by Gasteiger charge is 2.16. The Morgan fingerprint density at radius 2 is 1.88 bits per heavy atom. The van der Waals surface area contributed by atoms with Crippen molar-refractivity contribution in [3.8, 4) is 0 Å². The highest BCUT2D eigenvalue weighted by Crippen LogP contribution is 2.19. The van der Waals surface area contributed by atoms with Crippen LogP contribution in [0.4, 0.5) is 0 Å². The molecule has 0 aliphatic heterocycles. The van der Waals surface area contributed by atoms with Crippen LogP contribution in [-0.2, 0) is 0 Å². The number of hydrogen-bond donors (Lipinski definition) is 2. The van der Waals surface area contributed by atoms with Crippen LogP contribution in [0.2, 0.25) is 0 Å². The van der Waals surface area contributed by atoms with Gasteiger partial charge in [-0.3, -0.25) is 0 Å². The Labute approximate surface area is 97.7 Å². The van der Waals surface area contributed by atoms with E-state index in [1.807, 2.05) is 18.2 Å². The molecule has 0 saturated heterocycles. The molecular formula is C14H21NO. The molecule has 0 radical (unpaired) electrons.